The van der Waals surface area contributed by atoms with Crippen molar-refractivity contribution in [3.05, 3.63) is 29.8 Å². The lowest BCUT2D eigenvalue weighted by molar-refractivity contribution is -0.128. The first-order valence-electron chi connectivity index (χ1n) is 4.90. The Hall–Kier alpha value is -1.55. The van der Waals surface area contributed by atoms with Gasteiger partial charge in [-0.2, -0.15) is 0 Å². The first-order valence-corrected chi connectivity index (χ1v) is 4.90. The van der Waals surface area contributed by atoms with Crippen molar-refractivity contribution in [2.24, 2.45) is 0 Å². The van der Waals surface area contributed by atoms with E-state index in [0.717, 1.165) is 17.7 Å². The summed E-state index contributed by atoms with van der Waals surface area (Å²) in [5.74, 6) is -0.342. The third-order valence-corrected chi connectivity index (χ3v) is 2.07. The van der Waals surface area contributed by atoms with Crippen LogP contribution in [0.4, 0.5) is 5.69 Å². The topological polar surface area (TPSA) is 75.3 Å². The molecule has 0 aliphatic rings. The van der Waals surface area contributed by atoms with Crippen LogP contribution in [0.5, 0.6) is 0 Å². The number of anilines is 1. The first kappa shape index (κ1) is 11.5. The van der Waals surface area contributed by atoms with Gasteiger partial charge in [-0.05, 0) is 31.0 Å². The van der Waals surface area contributed by atoms with E-state index < -0.39 is 6.10 Å². The van der Waals surface area contributed by atoms with Gasteiger partial charge >= 0.3 is 0 Å². The van der Waals surface area contributed by atoms with Gasteiger partial charge in [0, 0.05) is 12.2 Å². The monoisotopic (exact) mass is 208 g/mol. The van der Waals surface area contributed by atoms with Gasteiger partial charge in [-0.1, -0.05) is 12.1 Å². The largest absolute Gasteiger partial charge is 0.399 e. The molecule has 1 amide bonds. The number of nitrogens with two attached hydrogens (primary N) is 1. The van der Waals surface area contributed by atoms with Gasteiger partial charge in [0.2, 0.25) is 5.91 Å². The number of aliphatic hydroxyl groups excluding tert-OH is 1. The van der Waals surface area contributed by atoms with Crippen molar-refractivity contribution in [3.8, 4) is 0 Å². The van der Waals surface area contributed by atoms with Crippen LogP contribution in [-0.2, 0) is 11.2 Å². The summed E-state index contributed by atoms with van der Waals surface area (Å²) in [4.78, 5) is 11.0. The Bertz CT molecular complexity index is 320. The number of nitrogen functional groups attached to an aromatic ring is 1. The van der Waals surface area contributed by atoms with Crippen LogP contribution in [0.3, 0.4) is 0 Å². The standard InChI is InChI=1S/C11H16N2O2/c1-8(14)11(15)13-7-6-9-2-4-10(12)5-3-9/h2-5,8,14H,6-7,12H2,1H3,(H,13,15). The molecule has 15 heavy (non-hydrogen) atoms. The van der Waals surface area contributed by atoms with Gasteiger partial charge in [0.05, 0.1) is 0 Å². The van der Waals surface area contributed by atoms with Gasteiger partial charge in [0.25, 0.3) is 0 Å². The maximum Gasteiger partial charge on any atom is 0.248 e. The van der Waals surface area contributed by atoms with Gasteiger partial charge in [-0.15, -0.1) is 0 Å². The minimum Gasteiger partial charge on any atom is -0.399 e. The summed E-state index contributed by atoms with van der Waals surface area (Å²) in [5.41, 5.74) is 7.38. The van der Waals surface area contributed by atoms with Crippen LogP contribution in [0.1, 0.15) is 12.5 Å². The Kier molecular flexibility index (Phi) is 4.12. The summed E-state index contributed by atoms with van der Waals surface area (Å²) in [6.45, 7) is 1.96. The molecule has 0 saturated heterocycles. The second-order valence-electron chi connectivity index (χ2n) is 3.46. The van der Waals surface area contributed by atoms with Gasteiger partial charge < -0.3 is 16.2 Å². The zero-order valence-electron chi connectivity index (χ0n) is 8.73. The highest BCUT2D eigenvalue weighted by molar-refractivity contribution is 5.79. The molecule has 0 aliphatic carbocycles. The van der Waals surface area contributed by atoms with Crippen molar-refractivity contribution >= 4 is 11.6 Å². The minimum absolute atomic E-state index is 0.342. The fourth-order valence-electron chi connectivity index (χ4n) is 1.16. The van der Waals surface area contributed by atoms with Crippen molar-refractivity contribution < 1.29 is 9.90 Å². The predicted molar refractivity (Wildman–Crippen MR) is 59.2 cm³/mol. The van der Waals surface area contributed by atoms with Crippen LogP contribution >= 0.6 is 0 Å². The third kappa shape index (κ3) is 3.99. The van der Waals surface area contributed by atoms with Gasteiger partial charge in [0.1, 0.15) is 6.10 Å². The smallest absolute Gasteiger partial charge is 0.248 e. The molecule has 1 unspecified atom stereocenters. The van der Waals surface area contributed by atoms with E-state index in [2.05, 4.69) is 5.32 Å². The molecule has 0 aromatic heterocycles. The maximum atomic E-state index is 11.0. The molecule has 0 heterocycles. The lowest BCUT2D eigenvalue weighted by Gasteiger charge is -2.06. The summed E-state index contributed by atoms with van der Waals surface area (Å²) in [5, 5.41) is 11.6. The summed E-state index contributed by atoms with van der Waals surface area (Å²) < 4.78 is 0. The van der Waals surface area contributed by atoms with E-state index in [-0.39, 0.29) is 5.91 Å². The molecule has 0 aliphatic heterocycles. The average molecular weight is 208 g/mol. The molecule has 4 nitrogen and oxygen atoms in total. The lowest BCUT2D eigenvalue weighted by Crippen LogP contribution is -2.33. The van der Waals surface area contributed by atoms with E-state index in [4.69, 9.17) is 10.8 Å². The molecule has 4 N–H and O–H groups in total. The molecule has 1 atom stereocenters. The number of aliphatic hydroxyl groups is 1. The number of hydrogen-bond donors (Lipinski definition) is 3. The molecule has 82 valence electrons. The average Bonchev–Trinajstić information content (AvgIpc) is 2.20. The number of carbonyl (C=O) groups excluding carboxylic acids is 1. The molecular weight excluding hydrogens is 192 g/mol. The quantitative estimate of drug-likeness (QED) is 0.623. The second kappa shape index (κ2) is 5.36. The Morgan fingerprint density at radius 2 is 2.07 bits per heavy atom. The van der Waals surface area contributed by atoms with Crippen LogP contribution in [0.2, 0.25) is 0 Å². The Balaban J connectivity index is 2.32. The molecule has 1 aromatic carbocycles. The number of benzene rings is 1. The number of amides is 1. The van der Waals surface area contributed by atoms with Gasteiger partial charge in [-0.3, -0.25) is 4.79 Å². The number of hydrogen-bond acceptors (Lipinski definition) is 3. The Morgan fingerprint density at radius 1 is 1.47 bits per heavy atom. The second-order valence-corrected chi connectivity index (χ2v) is 3.46. The van der Waals surface area contributed by atoms with Crippen molar-refractivity contribution in [2.45, 2.75) is 19.4 Å². The van der Waals surface area contributed by atoms with Crippen LogP contribution in [0, 0.1) is 0 Å². The highest BCUT2D eigenvalue weighted by atomic mass is 16.3. The van der Waals surface area contributed by atoms with E-state index in [1.807, 2.05) is 24.3 Å². The molecule has 0 fully saturated rings. The van der Waals surface area contributed by atoms with Crippen LogP contribution in [0.25, 0.3) is 0 Å². The lowest BCUT2D eigenvalue weighted by atomic mass is 10.1. The summed E-state index contributed by atoms with van der Waals surface area (Å²) in [7, 11) is 0. The fourth-order valence-corrected chi connectivity index (χ4v) is 1.16. The van der Waals surface area contributed by atoms with Gasteiger partial charge in [0.15, 0.2) is 0 Å². The normalized spacial score (nSPS) is 12.1. The van der Waals surface area contributed by atoms with Gasteiger partial charge in [-0.25, -0.2) is 0 Å². The number of rotatable bonds is 4. The molecule has 0 radical (unpaired) electrons. The summed E-state index contributed by atoms with van der Waals surface area (Å²) >= 11 is 0. The highest BCUT2D eigenvalue weighted by Crippen LogP contribution is 2.05. The molecule has 1 aromatic rings. The Labute approximate surface area is 89.1 Å². The van der Waals surface area contributed by atoms with Crippen molar-refractivity contribution in [2.75, 3.05) is 12.3 Å². The van der Waals surface area contributed by atoms with E-state index in [1.165, 1.54) is 6.92 Å². The van der Waals surface area contributed by atoms with Crippen molar-refractivity contribution in [3.63, 3.8) is 0 Å². The molecule has 0 saturated carbocycles. The number of nitrogens with one attached hydrogen (secondary N) is 1. The summed E-state index contributed by atoms with van der Waals surface area (Å²) in [6.07, 6.45) is -0.213. The fraction of sp³-hybridized carbons (Fsp3) is 0.364. The zero-order valence-corrected chi connectivity index (χ0v) is 8.73. The third-order valence-electron chi connectivity index (χ3n) is 2.07. The van der Waals surface area contributed by atoms with E-state index in [9.17, 15) is 4.79 Å². The zero-order chi connectivity index (χ0) is 11.3. The summed E-state index contributed by atoms with van der Waals surface area (Å²) in [6, 6.07) is 7.49. The molecule has 1 rings (SSSR count). The van der Waals surface area contributed by atoms with Crippen LogP contribution in [-0.4, -0.2) is 23.7 Å². The highest BCUT2D eigenvalue weighted by Gasteiger charge is 2.06. The van der Waals surface area contributed by atoms with E-state index in [0.29, 0.717) is 6.54 Å². The SMILES string of the molecule is CC(O)C(=O)NCCc1ccc(N)cc1. The Morgan fingerprint density at radius 3 is 2.60 bits per heavy atom. The van der Waals surface area contributed by atoms with Crippen LogP contribution in [0.15, 0.2) is 24.3 Å². The predicted octanol–water partition coefficient (Wildman–Crippen LogP) is 0.308. The number of carbonyl (C=O) groups is 1. The molecular formula is C11H16N2O2. The maximum absolute atomic E-state index is 11.0. The van der Waals surface area contributed by atoms with Crippen molar-refractivity contribution in [1.82, 2.24) is 5.32 Å². The van der Waals surface area contributed by atoms with Crippen molar-refractivity contribution in [1.29, 1.82) is 0 Å². The molecule has 4 heteroatoms. The minimum atomic E-state index is -0.948. The first-order chi connectivity index (χ1) is 7.09. The van der Waals surface area contributed by atoms with Crippen LogP contribution < -0.4 is 11.1 Å². The van der Waals surface area contributed by atoms with E-state index >= 15 is 0 Å². The molecule has 0 bridgehead atoms. The van der Waals surface area contributed by atoms with E-state index in [1.54, 1.807) is 0 Å². The molecule has 0 spiro atoms.